The van der Waals surface area contributed by atoms with Gasteiger partial charge in [0.2, 0.25) is 0 Å². The first kappa shape index (κ1) is 15.0. The van der Waals surface area contributed by atoms with Gasteiger partial charge in [0, 0.05) is 5.69 Å². The van der Waals surface area contributed by atoms with Gasteiger partial charge in [-0.3, -0.25) is 4.79 Å². The summed E-state index contributed by atoms with van der Waals surface area (Å²) in [6, 6.07) is 13.4. The average Bonchev–Trinajstić information content (AvgIpc) is 2.47. The van der Waals surface area contributed by atoms with E-state index in [-0.39, 0.29) is 5.91 Å². The maximum atomic E-state index is 13.1. The third-order valence-electron chi connectivity index (χ3n) is 3.12. The number of ether oxygens (including phenoxy) is 1. The summed E-state index contributed by atoms with van der Waals surface area (Å²) in [5.41, 5.74) is 1.46. The van der Waals surface area contributed by atoms with Crippen LogP contribution < -0.4 is 10.1 Å². The lowest BCUT2D eigenvalue weighted by Gasteiger charge is -2.16. The summed E-state index contributed by atoms with van der Waals surface area (Å²) in [5.74, 6) is -0.00824. The molecule has 1 N–H and O–H groups in total. The predicted molar refractivity (Wildman–Crippen MR) is 80.9 cm³/mol. The molecule has 0 bridgehead atoms. The summed E-state index contributed by atoms with van der Waals surface area (Å²) in [7, 11) is 0. The van der Waals surface area contributed by atoms with Crippen LogP contribution in [-0.2, 0) is 11.2 Å². The molecular weight excluding hydrogens is 269 g/mol. The Bertz CT molecular complexity index is 628. The Morgan fingerprint density at radius 2 is 2.00 bits per heavy atom. The molecule has 110 valence electrons. The maximum absolute atomic E-state index is 13.1. The van der Waals surface area contributed by atoms with Crippen LogP contribution in [0.15, 0.2) is 48.5 Å². The van der Waals surface area contributed by atoms with Crippen LogP contribution in [0.25, 0.3) is 0 Å². The summed E-state index contributed by atoms with van der Waals surface area (Å²) in [6.07, 6.45) is 0.162. The van der Waals surface area contributed by atoms with Crippen LogP contribution in [-0.4, -0.2) is 12.0 Å². The lowest BCUT2D eigenvalue weighted by Crippen LogP contribution is -2.30. The van der Waals surface area contributed by atoms with Gasteiger partial charge in [-0.25, -0.2) is 4.39 Å². The molecule has 0 aromatic heterocycles. The Hall–Kier alpha value is -2.36. The molecule has 2 aromatic carbocycles. The molecule has 3 nitrogen and oxygen atoms in total. The Labute approximate surface area is 123 Å². The van der Waals surface area contributed by atoms with Crippen LogP contribution in [0.4, 0.5) is 10.1 Å². The number of hydrogen-bond donors (Lipinski definition) is 1. The van der Waals surface area contributed by atoms with E-state index in [0.717, 1.165) is 12.0 Å². The smallest absolute Gasteiger partial charge is 0.265 e. The van der Waals surface area contributed by atoms with Gasteiger partial charge in [0.15, 0.2) is 6.10 Å². The topological polar surface area (TPSA) is 38.3 Å². The number of carbonyl (C=O) groups excluding carboxylic acids is 1. The van der Waals surface area contributed by atoms with Crippen molar-refractivity contribution in [2.45, 2.75) is 26.4 Å². The van der Waals surface area contributed by atoms with Crippen molar-refractivity contribution >= 4 is 11.6 Å². The van der Waals surface area contributed by atoms with Crippen molar-refractivity contribution in [3.05, 3.63) is 59.9 Å². The molecule has 0 aliphatic carbocycles. The molecule has 0 aliphatic heterocycles. The summed E-state index contributed by atoms with van der Waals surface area (Å²) in [6.45, 7) is 3.70. The van der Waals surface area contributed by atoms with Gasteiger partial charge in [0.05, 0.1) is 0 Å². The van der Waals surface area contributed by atoms with Crippen LogP contribution >= 0.6 is 0 Å². The zero-order valence-corrected chi connectivity index (χ0v) is 12.1. The molecule has 2 rings (SSSR count). The van der Waals surface area contributed by atoms with E-state index in [1.165, 1.54) is 12.1 Å². The summed E-state index contributed by atoms with van der Waals surface area (Å²) in [4.78, 5) is 12.1. The number of nitrogens with one attached hydrogen (secondary N) is 1. The Kier molecular flexibility index (Phi) is 4.93. The second-order valence-corrected chi connectivity index (χ2v) is 4.72. The Morgan fingerprint density at radius 1 is 1.24 bits per heavy atom. The first-order valence-corrected chi connectivity index (χ1v) is 6.91. The zero-order chi connectivity index (χ0) is 15.2. The van der Waals surface area contributed by atoms with Crippen molar-refractivity contribution in [1.82, 2.24) is 0 Å². The van der Waals surface area contributed by atoms with E-state index in [2.05, 4.69) is 5.32 Å². The van der Waals surface area contributed by atoms with Crippen molar-refractivity contribution < 1.29 is 13.9 Å². The molecule has 1 amide bonds. The number of aryl methyl sites for hydroxylation is 1. The fourth-order valence-electron chi connectivity index (χ4n) is 1.96. The van der Waals surface area contributed by atoms with Crippen LogP contribution in [0.1, 0.15) is 19.4 Å². The number of hydrogen-bond acceptors (Lipinski definition) is 2. The minimum absolute atomic E-state index is 0.313. The van der Waals surface area contributed by atoms with Gasteiger partial charge in [0.1, 0.15) is 11.6 Å². The third kappa shape index (κ3) is 4.05. The van der Waals surface area contributed by atoms with Gasteiger partial charge in [0.25, 0.3) is 5.91 Å². The van der Waals surface area contributed by atoms with Crippen molar-refractivity contribution in [1.29, 1.82) is 0 Å². The normalized spacial score (nSPS) is 11.8. The van der Waals surface area contributed by atoms with E-state index in [1.807, 2.05) is 31.2 Å². The van der Waals surface area contributed by atoms with E-state index in [1.54, 1.807) is 19.1 Å². The molecule has 0 radical (unpaired) electrons. The van der Waals surface area contributed by atoms with Crippen LogP contribution in [0.2, 0.25) is 0 Å². The van der Waals surface area contributed by atoms with Crippen molar-refractivity contribution in [2.75, 3.05) is 5.32 Å². The highest BCUT2D eigenvalue weighted by Gasteiger charge is 2.16. The molecule has 21 heavy (non-hydrogen) atoms. The standard InChI is InChI=1S/C17H18FNO2/c1-3-13-7-4-5-10-16(13)21-12(2)17(20)19-15-9-6-8-14(18)11-15/h4-12H,3H2,1-2H3,(H,19,20). The molecular formula is C17H18FNO2. The SMILES string of the molecule is CCc1ccccc1OC(C)C(=O)Nc1cccc(F)c1. The molecule has 4 heteroatoms. The van der Waals surface area contributed by atoms with Crippen LogP contribution in [0, 0.1) is 5.82 Å². The minimum atomic E-state index is -0.666. The fourth-order valence-corrected chi connectivity index (χ4v) is 1.96. The Morgan fingerprint density at radius 3 is 2.71 bits per heavy atom. The van der Waals surface area contributed by atoms with Crippen LogP contribution in [0.3, 0.4) is 0 Å². The van der Waals surface area contributed by atoms with Gasteiger partial charge in [-0.1, -0.05) is 31.2 Å². The van der Waals surface area contributed by atoms with Gasteiger partial charge < -0.3 is 10.1 Å². The molecule has 0 saturated carbocycles. The van der Waals surface area contributed by atoms with E-state index in [9.17, 15) is 9.18 Å². The third-order valence-corrected chi connectivity index (χ3v) is 3.12. The molecule has 0 saturated heterocycles. The summed E-state index contributed by atoms with van der Waals surface area (Å²) >= 11 is 0. The zero-order valence-electron chi connectivity index (χ0n) is 12.1. The largest absolute Gasteiger partial charge is 0.481 e. The molecule has 0 heterocycles. The lowest BCUT2D eigenvalue weighted by atomic mass is 10.1. The number of amides is 1. The predicted octanol–water partition coefficient (Wildman–Crippen LogP) is 3.79. The van der Waals surface area contributed by atoms with Gasteiger partial charge >= 0.3 is 0 Å². The first-order valence-electron chi connectivity index (χ1n) is 6.91. The molecule has 1 atom stereocenters. The monoisotopic (exact) mass is 287 g/mol. The number of benzene rings is 2. The molecule has 0 fully saturated rings. The molecule has 2 aromatic rings. The van der Waals surface area contributed by atoms with E-state index in [4.69, 9.17) is 4.74 Å². The van der Waals surface area contributed by atoms with Crippen LogP contribution in [0.5, 0.6) is 5.75 Å². The van der Waals surface area contributed by atoms with Gasteiger partial charge in [-0.2, -0.15) is 0 Å². The number of para-hydroxylation sites is 1. The number of halogens is 1. The maximum Gasteiger partial charge on any atom is 0.265 e. The van der Waals surface area contributed by atoms with Gasteiger partial charge in [-0.05, 0) is 43.2 Å². The number of anilines is 1. The molecule has 1 unspecified atom stereocenters. The second-order valence-electron chi connectivity index (χ2n) is 4.72. The highest BCUT2D eigenvalue weighted by Crippen LogP contribution is 2.20. The summed E-state index contributed by atoms with van der Waals surface area (Å²) < 4.78 is 18.8. The van der Waals surface area contributed by atoms with Crippen molar-refractivity contribution in [3.8, 4) is 5.75 Å². The van der Waals surface area contributed by atoms with Crippen molar-refractivity contribution in [2.24, 2.45) is 0 Å². The van der Waals surface area contributed by atoms with Crippen molar-refractivity contribution in [3.63, 3.8) is 0 Å². The second kappa shape index (κ2) is 6.88. The molecule has 0 spiro atoms. The van der Waals surface area contributed by atoms with E-state index in [0.29, 0.717) is 11.4 Å². The lowest BCUT2D eigenvalue weighted by molar-refractivity contribution is -0.122. The number of carbonyl (C=O) groups is 1. The number of rotatable bonds is 5. The highest BCUT2D eigenvalue weighted by molar-refractivity contribution is 5.94. The Balaban J connectivity index is 2.02. The molecule has 0 aliphatic rings. The quantitative estimate of drug-likeness (QED) is 0.908. The van der Waals surface area contributed by atoms with E-state index < -0.39 is 11.9 Å². The minimum Gasteiger partial charge on any atom is -0.481 e. The summed E-state index contributed by atoms with van der Waals surface area (Å²) in [5, 5.41) is 2.64. The first-order chi connectivity index (χ1) is 10.1. The average molecular weight is 287 g/mol. The fraction of sp³-hybridized carbons (Fsp3) is 0.235. The van der Waals surface area contributed by atoms with E-state index >= 15 is 0 Å². The van der Waals surface area contributed by atoms with Gasteiger partial charge in [-0.15, -0.1) is 0 Å². The highest BCUT2D eigenvalue weighted by atomic mass is 19.1.